The number of carbonyl (C=O) groups excluding carboxylic acids is 1. The monoisotopic (exact) mass is 519 g/mol. The second kappa shape index (κ2) is 10.4. The number of nitrogens with one attached hydrogen (secondary N) is 3. The molecule has 1 fully saturated rings. The van der Waals surface area contributed by atoms with E-state index in [1.54, 1.807) is 42.6 Å². The summed E-state index contributed by atoms with van der Waals surface area (Å²) in [4.78, 5) is 28.6. The van der Waals surface area contributed by atoms with E-state index >= 15 is 0 Å². The lowest BCUT2D eigenvalue weighted by Gasteiger charge is -2.28. The number of morpholine rings is 1. The molecular weight excluding hydrogens is 494 g/mol. The predicted molar refractivity (Wildman–Crippen MR) is 143 cm³/mol. The van der Waals surface area contributed by atoms with Crippen molar-refractivity contribution in [2.24, 2.45) is 0 Å². The quantitative estimate of drug-likeness (QED) is 0.352. The van der Waals surface area contributed by atoms with Gasteiger partial charge in [0.1, 0.15) is 5.82 Å². The molecule has 2 amide bonds. The smallest absolute Gasteiger partial charge is 0.323 e. The highest BCUT2D eigenvalue weighted by molar-refractivity contribution is 7.92. The number of hydrogen-bond acceptors (Lipinski definition) is 8. The Kier molecular flexibility index (Phi) is 6.84. The minimum absolute atomic E-state index is 0.409. The summed E-state index contributed by atoms with van der Waals surface area (Å²) in [5, 5.41) is 6.38. The van der Waals surface area contributed by atoms with Gasteiger partial charge in [0.25, 0.3) is 0 Å². The van der Waals surface area contributed by atoms with Gasteiger partial charge in [-0.2, -0.15) is 0 Å². The maximum Gasteiger partial charge on any atom is 0.323 e. The summed E-state index contributed by atoms with van der Waals surface area (Å²) in [5.41, 5.74) is 2.92. The van der Waals surface area contributed by atoms with E-state index in [2.05, 4.69) is 30.2 Å². The maximum atomic E-state index is 12.4. The van der Waals surface area contributed by atoms with Crippen molar-refractivity contribution in [3.8, 4) is 11.4 Å². The number of ether oxygens (including phenoxy) is 1. The summed E-state index contributed by atoms with van der Waals surface area (Å²) in [5.74, 6) is 1.38. The topological polar surface area (TPSA) is 138 Å². The van der Waals surface area contributed by atoms with Crippen molar-refractivity contribution >= 4 is 50.0 Å². The Hall–Kier alpha value is -4.29. The fourth-order valence-corrected chi connectivity index (χ4v) is 4.49. The molecule has 11 nitrogen and oxygen atoms in total. The zero-order chi connectivity index (χ0) is 25.8. The molecule has 2 aromatic heterocycles. The molecule has 1 saturated heterocycles. The van der Waals surface area contributed by atoms with Crippen molar-refractivity contribution in [2.75, 3.05) is 52.8 Å². The molecule has 5 rings (SSSR count). The molecule has 0 aliphatic carbocycles. The highest BCUT2D eigenvalue weighted by atomic mass is 32.2. The van der Waals surface area contributed by atoms with Gasteiger partial charge in [-0.25, -0.2) is 28.2 Å². The van der Waals surface area contributed by atoms with Gasteiger partial charge in [-0.3, -0.25) is 4.72 Å². The van der Waals surface area contributed by atoms with Gasteiger partial charge in [0, 0.05) is 41.9 Å². The van der Waals surface area contributed by atoms with Crippen LogP contribution in [0.25, 0.3) is 22.4 Å². The molecule has 1 aliphatic rings. The number of rotatable bonds is 6. The molecule has 0 bridgehead atoms. The van der Waals surface area contributed by atoms with Gasteiger partial charge in [0.05, 0.1) is 24.9 Å². The molecule has 2 aromatic carbocycles. The Morgan fingerprint density at radius 2 is 1.51 bits per heavy atom. The van der Waals surface area contributed by atoms with E-state index in [1.165, 1.54) is 0 Å². The second-order valence-corrected chi connectivity index (χ2v) is 10.2. The number of sulfonamides is 1. The molecule has 12 heteroatoms. The van der Waals surface area contributed by atoms with E-state index in [1.807, 2.05) is 24.3 Å². The number of hydrogen-bond donors (Lipinski definition) is 3. The third-order valence-electron chi connectivity index (χ3n) is 5.61. The van der Waals surface area contributed by atoms with Gasteiger partial charge in [-0.15, -0.1) is 0 Å². The first-order chi connectivity index (χ1) is 17.8. The van der Waals surface area contributed by atoms with Crippen molar-refractivity contribution in [1.82, 2.24) is 15.0 Å². The van der Waals surface area contributed by atoms with Crippen LogP contribution in [0.2, 0.25) is 0 Å². The fourth-order valence-electron chi connectivity index (χ4n) is 3.92. The number of anilines is 4. The maximum absolute atomic E-state index is 12.4. The van der Waals surface area contributed by atoms with Gasteiger partial charge < -0.3 is 20.3 Å². The van der Waals surface area contributed by atoms with E-state index in [9.17, 15) is 13.2 Å². The number of pyridine rings is 1. The first-order valence-electron chi connectivity index (χ1n) is 11.6. The van der Waals surface area contributed by atoms with Crippen LogP contribution in [-0.2, 0) is 14.8 Å². The lowest BCUT2D eigenvalue weighted by Crippen LogP contribution is -2.37. The third-order valence-corrected chi connectivity index (χ3v) is 6.22. The molecule has 0 atom stereocenters. The largest absolute Gasteiger partial charge is 0.378 e. The van der Waals surface area contributed by atoms with Crippen molar-refractivity contribution in [3.05, 3.63) is 66.9 Å². The molecule has 0 radical (unpaired) electrons. The Bertz CT molecular complexity index is 1520. The normalized spacial score (nSPS) is 13.8. The number of benzene rings is 2. The van der Waals surface area contributed by atoms with Gasteiger partial charge in [0.15, 0.2) is 11.5 Å². The van der Waals surface area contributed by atoms with Crippen LogP contribution in [0.4, 0.5) is 27.7 Å². The average molecular weight is 520 g/mol. The number of urea groups is 1. The van der Waals surface area contributed by atoms with Crippen LogP contribution in [0.5, 0.6) is 0 Å². The molecule has 4 aromatic rings. The standard InChI is InChI=1S/C25H25N7O4S/c1-37(34,35)31-20-10-8-19(9-11-20)28-25(33)27-18-6-4-17(5-7-18)22-29-23-21(3-2-12-26-23)24(30-22)32-13-15-36-16-14-32/h2-12,31H,13-16H2,1H3,(H2,27,28,33). The lowest BCUT2D eigenvalue weighted by molar-refractivity contribution is 0.122. The highest BCUT2D eigenvalue weighted by Crippen LogP contribution is 2.28. The number of carbonyl (C=O) groups is 1. The summed E-state index contributed by atoms with van der Waals surface area (Å²) >= 11 is 0. The van der Waals surface area contributed by atoms with Crippen molar-refractivity contribution in [2.45, 2.75) is 0 Å². The lowest BCUT2D eigenvalue weighted by atomic mass is 10.2. The molecule has 3 N–H and O–H groups in total. The van der Waals surface area contributed by atoms with Crippen molar-refractivity contribution < 1.29 is 17.9 Å². The summed E-state index contributed by atoms with van der Waals surface area (Å²) in [6.07, 6.45) is 2.79. The molecule has 0 spiro atoms. The zero-order valence-corrected chi connectivity index (χ0v) is 20.8. The summed E-state index contributed by atoms with van der Waals surface area (Å²) in [7, 11) is -3.37. The molecule has 37 heavy (non-hydrogen) atoms. The van der Waals surface area contributed by atoms with Crippen molar-refractivity contribution in [1.29, 1.82) is 0 Å². The van der Waals surface area contributed by atoms with E-state index in [0.29, 0.717) is 41.7 Å². The van der Waals surface area contributed by atoms with Crippen molar-refractivity contribution in [3.63, 3.8) is 0 Å². The Morgan fingerprint density at radius 1 is 0.892 bits per heavy atom. The molecule has 0 saturated carbocycles. The first-order valence-corrected chi connectivity index (χ1v) is 13.4. The van der Waals surface area contributed by atoms with Crippen LogP contribution < -0.4 is 20.3 Å². The molecule has 190 valence electrons. The highest BCUT2D eigenvalue weighted by Gasteiger charge is 2.18. The number of amides is 2. The van der Waals surface area contributed by atoms with Crippen LogP contribution in [0.1, 0.15) is 0 Å². The molecule has 3 heterocycles. The Balaban J connectivity index is 1.29. The minimum Gasteiger partial charge on any atom is -0.378 e. The summed E-state index contributed by atoms with van der Waals surface area (Å²) in [6.45, 7) is 2.78. The molecule has 1 aliphatic heterocycles. The Labute approximate surface area is 214 Å². The number of fused-ring (bicyclic) bond motifs is 1. The first kappa shape index (κ1) is 24.4. The second-order valence-electron chi connectivity index (χ2n) is 8.45. The van der Waals surface area contributed by atoms with Gasteiger partial charge in [-0.1, -0.05) is 0 Å². The zero-order valence-electron chi connectivity index (χ0n) is 20.0. The summed E-state index contributed by atoms with van der Waals surface area (Å²) in [6, 6.07) is 17.0. The third kappa shape index (κ3) is 6.11. The number of aromatic nitrogens is 3. The molecule has 0 unspecified atom stereocenters. The Morgan fingerprint density at radius 3 is 2.16 bits per heavy atom. The summed E-state index contributed by atoms with van der Waals surface area (Å²) < 4.78 is 30.5. The predicted octanol–water partition coefficient (Wildman–Crippen LogP) is 3.54. The van der Waals surface area contributed by atoms with E-state index in [0.717, 1.165) is 36.1 Å². The van der Waals surface area contributed by atoms with Crippen LogP contribution in [0.3, 0.4) is 0 Å². The number of nitrogens with zero attached hydrogens (tertiary/aromatic N) is 4. The SMILES string of the molecule is CS(=O)(=O)Nc1ccc(NC(=O)Nc2ccc(-c3nc(N4CCOCC4)c4cccnc4n3)cc2)cc1. The van der Waals surface area contributed by atoms with Crippen LogP contribution >= 0.6 is 0 Å². The van der Waals surface area contributed by atoms with E-state index < -0.39 is 16.1 Å². The van der Waals surface area contributed by atoms with Crippen LogP contribution in [-0.4, -0.2) is 62.0 Å². The van der Waals surface area contributed by atoms with E-state index in [-0.39, 0.29) is 0 Å². The average Bonchev–Trinajstić information content (AvgIpc) is 2.89. The minimum atomic E-state index is -3.37. The van der Waals surface area contributed by atoms with Crippen LogP contribution in [0, 0.1) is 0 Å². The molecular formula is C25H25N7O4S. The van der Waals surface area contributed by atoms with Gasteiger partial charge in [0.2, 0.25) is 10.0 Å². The van der Waals surface area contributed by atoms with Gasteiger partial charge in [-0.05, 0) is 60.7 Å². The van der Waals surface area contributed by atoms with Crippen LogP contribution in [0.15, 0.2) is 66.9 Å². The van der Waals surface area contributed by atoms with Gasteiger partial charge >= 0.3 is 6.03 Å². The fraction of sp³-hybridized carbons (Fsp3) is 0.200. The van der Waals surface area contributed by atoms with E-state index in [4.69, 9.17) is 9.72 Å².